The summed E-state index contributed by atoms with van der Waals surface area (Å²) in [6, 6.07) is 15.8. The van der Waals surface area contributed by atoms with Crippen molar-refractivity contribution in [1.29, 1.82) is 5.41 Å². The summed E-state index contributed by atoms with van der Waals surface area (Å²) in [4.78, 5) is 37.1. The van der Waals surface area contributed by atoms with Crippen molar-refractivity contribution in [3.8, 4) is 0 Å². The highest BCUT2D eigenvalue weighted by atomic mass is 16.6. The molecule has 1 aliphatic rings. The van der Waals surface area contributed by atoms with E-state index in [0.29, 0.717) is 11.1 Å². The first-order valence-corrected chi connectivity index (χ1v) is 9.20. The van der Waals surface area contributed by atoms with Crippen LogP contribution >= 0.6 is 0 Å². The van der Waals surface area contributed by atoms with Crippen LogP contribution in [0, 0.1) is 5.41 Å². The van der Waals surface area contributed by atoms with Crippen LogP contribution in [0.4, 0.5) is 14.4 Å². The second-order valence-corrected chi connectivity index (χ2v) is 6.44. The molecule has 3 rings (SSSR count). The third-order valence-corrected chi connectivity index (χ3v) is 4.29. The Kier molecular flexibility index (Phi) is 6.84. The quantitative estimate of drug-likeness (QED) is 0.498. The molecular formula is C21H20N4O6. The molecule has 2 aromatic carbocycles. The second-order valence-electron chi connectivity index (χ2n) is 6.44. The van der Waals surface area contributed by atoms with E-state index >= 15 is 0 Å². The van der Waals surface area contributed by atoms with Gasteiger partial charge >= 0.3 is 18.3 Å². The zero-order valence-corrected chi connectivity index (χ0v) is 16.4. The summed E-state index contributed by atoms with van der Waals surface area (Å²) >= 11 is 0. The van der Waals surface area contributed by atoms with Crippen LogP contribution in [0.1, 0.15) is 16.7 Å². The molecule has 1 aliphatic heterocycles. The van der Waals surface area contributed by atoms with E-state index < -0.39 is 18.3 Å². The van der Waals surface area contributed by atoms with E-state index in [9.17, 15) is 14.4 Å². The Morgan fingerprint density at radius 3 is 2.32 bits per heavy atom. The van der Waals surface area contributed by atoms with Crippen LogP contribution in [0.25, 0.3) is 0 Å². The third kappa shape index (κ3) is 5.82. The Morgan fingerprint density at radius 2 is 1.61 bits per heavy atom. The lowest BCUT2D eigenvalue weighted by Crippen LogP contribution is -2.33. The van der Waals surface area contributed by atoms with Crippen molar-refractivity contribution in [2.75, 3.05) is 6.67 Å². The number of hydrogen-bond acceptors (Lipinski definition) is 6. The fourth-order valence-corrected chi connectivity index (χ4v) is 2.70. The van der Waals surface area contributed by atoms with Gasteiger partial charge in [0, 0.05) is 23.5 Å². The maximum atomic E-state index is 12.2. The molecule has 0 atom stereocenters. The molecule has 31 heavy (non-hydrogen) atoms. The Bertz CT molecular complexity index is 1010. The van der Waals surface area contributed by atoms with Crippen LogP contribution in [-0.2, 0) is 22.7 Å². The summed E-state index contributed by atoms with van der Waals surface area (Å²) in [6.45, 7) is -0.272. The van der Waals surface area contributed by atoms with Gasteiger partial charge in [-0.1, -0.05) is 54.6 Å². The standard InChI is InChI=1S/C21H20N4O6/c22-18(23-19(26)30-12-15-6-2-1-3-7-15)17-9-5-4-8-16(17)13-31-21(29)25-11-10-24(14-25)20(27)28/h1-11H,12-14H2,(H,27,28)(H2,22,23,26). The number of nitrogens with one attached hydrogen (secondary N) is 2. The van der Waals surface area contributed by atoms with E-state index in [1.54, 1.807) is 24.3 Å². The summed E-state index contributed by atoms with van der Waals surface area (Å²) in [5, 5.41) is 19.4. The average Bonchev–Trinajstić information content (AvgIpc) is 3.28. The Hall–Kier alpha value is -4.34. The van der Waals surface area contributed by atoms with Crippen LogP contribution in [0.2, 0.25) is 0 Å². The maximum Gasteiger partial charge on any atom is 0.415 e. The highest BCUT2D eigenvalue weighted by Gasteiger charge is 2.24. The first-order valence-electron chi connectivity index (χ1n) is 9.20. The fourth-order valence-electron chi connectivity index (χ4n) is 2.70. The normalized spacial score (nSPS) is 12.4. The van der Waals surface area contributed by atoms with Crippen molar-refractivity contribution < 1.29 is 29.0 Å². The largest absolute Gasteiger partial charge is 0.465 e. The summed E-state index contributed by atoms with van der Waals surface area (Å²) < 4.78 is 10.3. The molecule has 10 heteroatoms. The van der Waals surface area contributed by atoms with Crippen LogP contribution in [0.5, 0.6) is 0 Å². The highest BCUT2D eigenvalue weighted by molar-refractivity contribution is 6.05. The minimum atomic E-state index is -1.18. The summed E-state index contributed by atoms with van der Waals surface area (Å²) in [5.41, 5.74) is 1.66. The van der Waals surface area contributed by atoms with Gasteiger partial charge in [-0.3, -0.25) is 20.5 Å². The molecule has 0 saturated carbocycles. The van der Waals surface area contributed by atoms with Gasteiger partial charge in [0.15, 0.2) is 0 Å². The van der Waals surface area contributed by atoms with Gasteiger partial charge in [-0.25, -0.2) is 14.4 Å². The molecule has 160 valence electrons. The molecule has 0 radical (unpaired) electrons. The number of carbonyl (C=O) groups excluding carboxylic acids is 2. The number of amidine groups is 1. The minimum Gasteiger partial charge on any atom is -0.465 e. The van der Waals surface area contributed by atoms with Gasteiger partial charge in [0.2, 0.25) is 0 Å². The van der Waals surface area contributed by atoms with Crippen molar-refractivity contribution in [1.82, 2.24) is 15.1 Å². The van der Waals surface area contributed by atoms with Gasteiger partial charge in [-0.2, -0.15) is 0 Å². The van der Waals surface area contributed by atoms with E-state index in [1.807, 2.05) is 30.3 Å². The Labute approximate surface area is 177 Å². The van der Waals surface area contributed by atoms with Gasteiger partial charge in [0.25, 0.3) is 0 Å². The van der Waals surface area contributed by atoms with Gasteiger partial charge < -0.3 is 14.6 Å². The van der Waals surface area contributed by atoms with Gasteiger partial charge in [-0.15, -0.1) is 0 Å². The number of benzene rings is 2. The predicted molar refractivity (Wildman–Crippen MR) is 109 cm³/mol. The molecule has 0 aliphatic carbocycles. The first-order chi connectivity index (χ1) is 14.9. The minimum absolute atomic E-state index is 0.0654. The van der Waals surface area contributed by atoms with Crippen molar-refractivity contribution in [3.63, 3.8) is 0 Å². The molecule has 0 bridgehead atoms. The van der Waals surface area contributed by atoms with E-state index in [-0.39, 0.29) is 25.7 Å². The lowest BCUT2D eigenvalue weighted by atomic mass is 10.1. The number of ether oxygens (including phenoxy) is 2. The van der Waals surface area contributed by atoms with Crippen LogP contribution < -0.4 is 5.32 Å². The molecule has 3 amide bonds. The highest BCUT2D eigenvalue weighted by Crippen LogP contribution is 2.13. The van der Waals surface area contributed by atoms with Crippen LogP contribution in [-0.4, -0.2) is 45.7 Å². The molecule has 3 N–H and O–H groups in total. The zero-order chi connectivity index (χ0) is 22.2. The Morgan fingerprint density at radius 1 is 0.935 bits per heavy atom. The number of amides is 3. The molecule has 0 unspecified atom stereocenters. The molecule has 0 fully saturated rings. The van der Waals surface area contributed by atoms with E-state index in [2.05, 4.69) is 5.32 Å². The number of alkyl carbamates (subject to hydrolysis) is 1. The number of carbonyl (C=O) groups is 3. The average molecular weight is 424 g/mol. The van der Waals surface area contributed by atoms with Crippen LogP contribution in [0.3, 0.4) is 0 Å². The number of hydrogen-bond donors (Lipinski definition) is 3. The fraction of sp³-hybridized carbons (Fsp3) is 0.143. The molecule has 10 nitrogen and oxygen atoms in total. The van der Waals surface area contributed by atoms with E-state index in [1.165, 1.54) is 12.4 Å². The monoisotopic (exact) mass is 424 g/mol. The number of carboxylic acid groups (broad SMARTS) is 1. The number of nitrogens with zero attached hydrogens (tertiary/aromatic N) is 2. The third-order valence-electron chi connectivity index (χ3n) is 4.29. The summed E-state index contributed by atoms with van der Waals surface area (Å²) in [7, 11) is 0. The SMILES string of the molecule is N=C(NC(=O)OCc1ccccc1)c1ccccc1COC(=O)N1C=CN(C(=O)O)C1. The van der Waals surface area contributed by atoms with Gasteiger partial charge in [-0.05, 0) is 5.56 Å². The molecular weight excluding hydrogens is 404 g/mol. The molecule has 0 saturated heterocycles. The number of rotatable bonds is 5. The first kappa shape index (κ1) is 21.4. The Balaban J connectivity index is 1.54. The molecule has 2 aromatic rings. The molecule has 0 spiro atoms. The molecule has 1 heterocycles. The summed E-state index contributed by atoms with van der Waals surface area (Å²) in [6.07, 6.45) is -0.156. The van der Waals surface area contributed by atoms with Crippen molar-refractivity contribution >= 4 is 24.1 Å². The van der Waals surface area contributed by atoms with Crippen molar-refractivity contribution in [2.24, 2.45) is 0 Å². The van der Waals surface area contributed by atoms with E-state index in [0.717, 1.165) is 15.4 Å². The zero-order valence-electron chi connectivity index (χ0n) is 16.4. The molecule has 0 aromatic heterocycles. The maximum absolute atomic E-state index is 12.2. The smallest absolute Gasteiger partial charge is 0.415 e. The van der Waals surface area contributed by atoms with Gasteiger partial charge in [0.1, 0.15) is 25.7 Å². The predicted octanol–water partition coefficient (Wildman–Crippen LogP) is 3.30. The van der Waals surface area contributed by atoms with Crippen molar-refractivity contribution in [3.05, 3.63) is 83.7 Å². The second kappa shape index (κ2) is 9.92. The lowest BCUT2D eigenvalue weighted by Gasteiger charge is -2.17. The topological polar surface area (TPSA) is 132 Å². The van der Waals surface area contributed by atoms with Crippen LogP contribution in [0.15, 0.2) is 67.0 Å². The summed E-state index contributed by atoms with van der Waals surface area (Å²) in [5.74, 6) is -0.206. The van der Waals surface area contributed by atoms with E-state index in [4.69, 9.17) is 20.0 Å². The van der Waals surface area contributed by atoms with Crippen molar-refractivity contribution in [2.45, 2.75) is 13.2 Å². The van der Waals surface area contributed by atoms with Gasteiger partial charge in [0.05, 0.1) is 0 Å². The lowest BCUT2D eigenvalue weighted by molar-refractivity contribution is 0.102.